The van der Waals surface area contributed by atoms with Crippen LogP contribution < -0.4 is 17.2 Å². The number of unbranched alkanes of at least 4 members (excludes halogenated alkanes) is 10. The Morgan fingerprint density at radius 2 is 1.16 bits per heavy atom. The van der Waals surface area contributed by atoms with Crippen LogP contribution in [-0.2, 0) is 69.5 Å². The molecule has 6 unspecified atom stereocenters. The number of hydrogen-bond donors (Lipinski definition) is 8. The van der Waals surface area contributed by atoms with E-state index in [0.717, 1.165) is 31.9 Å². The highest BCUT2D eigenvalue weighted by Crippen LogP contribution is 2.58. The standard InChI is InChI=1S/C50H74N15O20P3S/c1-3-4-5-6-7-8-9-10-11-12-13-15-31(66)76-18-19-89-88(73,74)79-21-30-37(75-2)39(49(82-30)65-28-62-34-43(53)56-25-59-46(34)65)85-86(69,70)78-20-29-35(67)38(48(81-29)64-27-61-33-42(52)55-24-58-45(33)64)84-87(71,72)80-22-50-16-14-17-77-40(50)36(68)47(83-50)63-26-60-32-41(51)54-23-57-44(32)63/h23-30,35-40,47-49,67-68H,3-22H2,1-2H3,(H,69,70)(H,71,72)(H,73,74)(H2,51,54,57)(H2,52,55,58)(H2,53,56,59)/t29-,30-,35+,36?,37+,38?,39?,40-,47-,48-,49-,50-/m1/s1. The first-order chi connectivity index (χ1) is 42.7. The number of esters is 1. The molecular weight excluding hydrogens is 1260 g/mol. The number of aliphatic hydroxyl groups is 2. The largest absolute Gasteiger partial charge is 0.472 e. The van der Waals surface area contributed by atoms with E-state index in [1.54, 1.807) is 0 Å². The fourth-order valence-electron chi connectivity index (χ4n) is 11.4. The second-order valence-electron chi connectivity index (χ2n) is 21.8. The lowest BCUT2D eigenvalue weighted by atomic mass is 9.89. The number of aromatic nitrogens is 12. The van der Waals surface area contributed by atoms with Crippen molar-refractivity contribution in [3.8, 4) is 0 Å². The van der Waals surface area contributed by atoms with Crippen molar-refractivity contribution in [2.75, 3.05) is 63.1 Å². The summed E-state index contributed by atoms with van der Waals surface area (Å²) in [6.07, 6.45) is 3.92. The minimum atomic E-state index is -5.40. The van der Waals surface area contributed by atoms with E-state index in [-0.39, 0.29) is 82.8 Å². The molecule has 490 valence electrons. The summed E-state index contributed by atoms with van der Waals surface area (Å²) in [4.78, 5) is 83.7. The first-order valence-corrected chi connectivity index (χ1v) is 35.3. The van der Waals surface area contributed by atoms with Crippen molar-refractivity contribution in [3.05, 3.63) is 38.0 Å². The van der Waals surface area contributed by atoms with Crippen LogP contribution in [0.5, 0.6) is 0 Å². The van der Waals surface area contributed by atoms with Crippen molar-refractivity contribution in [2.24, 2.45) is 0 Å². The Bertz CT molecular complexity index is 3520. The first-order valence-electron chi connectivity index (χ1n) is 29.1. The Morgan fingerprint density at radius 1 is 0.652 bits per heavy atom. The Labute approximate surface area is 512 Å². The van der Waals surface area contributed by atoms with Gasteiger partial charge in [0.15, 0.2) is 53.1 Å². The van der Waals surface area contributed by atoms with Gasteiger partial charge >= 0.3 is 28.4 Å². The van der Waals surface area contributed by atoms with E-state index in [4.69, 9.17) is 68.2 Å². The van der Waals surface area contributed by atoms with E-state index in [0.29, 0.717) is 24.2 Å². The number of aliphatic hydroxyl groups excluding tert-OH is 2. The van der Waals surface area contributed by atoms with E-state index in [2.05, 4.69) is 51.8 Å². The number of fused-ring (bicyclic) bond motifs is 4. The molecule has 10 rings (SSSR count). The molecule has 0 amide bonds. The fourth-order valence-corrected chi connectivity index (χ4v) is 15.4. The van der Waals surface area contributed by atoms with Crippen LogP contribution in [0.2, 0.25) is 0 Å². The number of anilines is 3. The van der Waals surface area contributed by atoms with Gasteiger partial charge in [0.1, 0.15) is 96.6 Å². The molecule has 10 heterocycles. The second-order valence-corrected chi connectivity index (χ2v) is 28.6. The number of ether oxygens (including phenoxy) is 6. The molecule has 89 heavy (non-hydrogen) atoms. The van der Waals surface area contributed by atoms with E-state index < -0.39 is 121 Å². The molecule has 35 nitrogen and oxygen atoms in total. The summed E-state index contributed by atoms with van der Waals surface area (Å²) >= 11 is 0.517. The van der Waals surface area contributed by atoms with E-state index in [9.17, 15) is 43.4 Å². The van der Waals surface area contributed by atoms with Crippen LogP contribution >= 0.6 is 33.8 Å². The van der Waals surface area contributed by atoms with Gasteiger partial charge in [-0.25, -0.2) is 58.6 Å². The number of carbonyl (C=O) groups is 1. The molecule has 0 radical (unpaired) electrons. The Balaban J connectivity index is 0.785. The van der Waals surface area contributed by atoms with Crippen LogP contribution in [0.15, 0.2) is 38.0 Å². The van der Waals surface area contributed by atoms with Crippen LogP contribution in [-0.4, -0.2) is 190 Å². The highest BCUT2D eigenvalue weighted by Gasteiger charge is 2.60. The van der Waals surface area contributed by atoms with Crippen molar-refractivity contribution in [3.63, 3.8) is 0 Å². The highest BCUT2D eigenvalue weighted by molar-refractivity contribution is 8.54. The summed E-state index contributed by atoms with van der Waals surface area (Å²) in [5.74, 6) is -0.498. The predicted molar refractivity (Wildman–Crippen MR) is 313 cm³/mol. The summed E-state index contributed by atoms with van der Waals surface area (Å²) in [5, 5.41) is 23.6. The molecule has 0 aliphatic carbocycles. The van der Waals surface area contributed by atoms with Crippen molar-refractivity contribution in [2.45, 2.75) is 170 Å². The summed E-state index contributed by atoms with van der Waals surface area (Å²) in [7, 11) is -9.53. The lowest BCUT2D eigenvalue weighted by Gasteiger charge is -2.38. The molecule has 4 aliphatic rings. The van der Waals surface area contributed by atoms with Gasteiger partial charge in [-0.05, 0) is 30.6 Å². The summed E-state index contributed by atoms with van der Waals surface area (Å²) in [6.45, 7) is -4.52. The zero-order valence-electron chi connectivity index (χ0n) is 48.7. The Kier molecular flexibility index (Phi) is 22.0. The number of hydrogen-bond acceptors (Lipinski definition) is 30. The van der Waals surface area contributed by atoms with Gasteiger partial charge < -0.3 is 70.5 Å². The van der Waals surface area contributed by atoms with Gasteiger partial charge in [0.25, 0.3) is 0 Å². The third kappa shape index (κ3) is 15.6. The molecule has 11 N–H and O–H groups in total. The Hall–Kier alpha value is -5.04. The lowest BCUT2D eigenvalue weighted by molar-refractivity contribution is -0.165. The average molecular weight is 1330 g/mol. The summed E-state index contributed by atoms with van der Waals surface area (Å²) < 4.78 is 110. The summed E-state index contributed by atoms with van der Waals surface area (Å²) in [6, 6.07) is 0. The van der Waals surface area contributed by atoms with Gasteiger partial charge in [0.05, 0.1) is 38.8 Å². The lowest BCUT2D eigenvalue weighted by Crippen LogP contribution is -2.51. The topological polar surface area (TPSA) is 480 Å². The normalized spacial score (nSPS) is 28.3. The van der Waals surface area contributed by atoms with Crippen LogP contribution in [0.25, 0.3) is 33.5 Å². The number of rotatable bonds is 33. The van der Waals surface area contributed by atoms with Gasteiger partial charge in [-0.2, -0.15) is 0 Å². The SMILES string of the molecule is CCCCCCCCCCCCCC(=O)OCCSP(=O)(O)OC[C@H]1O[C@@H](n2cnc3c(N)ncnc32)C(OP(=O)(O)OC[C@H]2O[C@@H](n3cnc4c(N)ncnc43)C(OP(=O)(O)OC[C@]34CCCO[C@@H]3C(O)[C@H](n3cnc5c(N)ncnc53)O4)[C@H]2O)[C@H]1OC. The second kappa shape index (κ2) is 29.3. The van der Waals surface area contributed by atoms with Crippen molar-refractivity contribution >= 4 is 90.7 Å². The van der Waals surface area contributed by atoms with E-state index >= 15 is 0 Å². The smallest absolute Gasteiger partial charge is 0.465 e. The zero-order chi connectivity index (χ0) is 63.1. The molecule has 6 aromatic heterocycles. The van der Waals surface area contributed by atoms with Crippen molar-refractivity contribution < 1.29 is 94.4 Å². The molecule has 4 saturated heterocycles. The molecule has 15 atom stereocenters. The van der Waals surface area contributed by atoms with Gasteiger partial charge in [-0.1, -0.05) is 71.1 Å². The number of carbonyl (C=O) groups excluding carboxylic acids is 1. The third-order valence-electron chi connectivity index (χ3n) is 15.7. The molecule has 0 aromatic carbocycles. The Morgan fingerprint density at radius 3 is 1.73 bits per heavy atom. The molecule has 39 heteroatoms. The number of imidazole rings is 3. The summed E-state index contributed by atoms with van der Waals surface area (Å²) in [5.41, 5.74) is 17.4. The molecular formula is C50H74N15O20P3S. The maximum atomic E-state index is 14.3. The molecule has 6 aromatic rings. The maximum absolute atomic E-state index is 14.3. The van der Waals surface area contributed by atoms with Gasteiger partial charge in [0.2, 0.25) is 0 Å². The van der Waals surface area contributed by atoms with E-state index in [1.807, 2.05) is 0 Å². The number of methoxy groups -OCH3 is 1. The number of phosphoric ester groups is 2. The number of nitrogens with zero attached hydrogens (tertiary/aromatic N) is 12. The van der Waals surface area contributed by atoms with Crippen molar-refractivity contribution in [1.29, 1.82) is 0 Å². The predicted octanol–water partition coefficient (Wildman–Crippen LogP) is 4.33. The minimum Gasteiger partial charge on any atom is -0.465 e. The fraction of sp³-hybridized carbons (Fsp3) is 0.680. The zero-order valence-corrected chi connectivity index (χ0v) is 52.2. The van der Waals surface area contributed by atoms with Gasteiger partial charge in [-0.3, -0.25) is 41.1 Å². The third-order valence-corrected chi connectivity index (χ3v) is 20.7. The van der Waals surface area contributed by atoms with Gasteiger partial charge in [0, 0.05) is 25.9 Å². The minimum absolute atomic E-state index is 0.0200. The molecule has 0 spiro atoms. The molecule has 4 fully saturated rings. The quantitative estimate of drug-likeness (QED) is 0.0161. The number of nitrogen functional groups attached to an aromatic ring is 3. The molecule has 0 saturated carbocycles. The highest BCUT2D eigenvalue weighted by atomic mass is 32.7. The number of phosphoric acid groups is 2. The van der Waals surface area contributed by atoms with Gasteiger partial charge in [-0.15, -0.1) is 0 Å². The maximum Gasteiger partial charge on any atom is 0.472 e. The van der Waals surface area contributed by atoms with Crippen molar-refractivity contribution in [1.82, 2.24) is 58.6 Å². The van der Waals surface area contributed by atoms with Crippen LogP contribution in [0, 0.1) is 0 Å². The molecule has 4 aliphatic heterocycles. The first kappa shape index (κ1) is 66.9. The van der Waals surface area contributed by atoms with Crippen LogP contribution in [0.4, 0.5) is 17.5 Å². The number of nitrogens with two attached hydrogens (primary N) is 3. The van der Waals surface area contributed by atoms with E-state index in [1.165, 1.54) is 91.1 Å². The average Bonchev–Trinajstić information content (AvgIpc) is 1.74. The van der Waals surface area contributed by atoms with Crippen LogP contribution in [0.3, 0.4) is 0 Å². The molecule has 0 bridgehead atoms. The van der Waals surface area contributed by atoms with Crippen LogP contribution in [0.1, 0.15) is 115 Å². The monoisotopic (exact) mass is 1330 g/mol.